The number of rotatable bonds is 4. The van der Waals surface area contributed by atoms with Crippen molar-refractivity contribution in [1.82, 2.24) is 15.2 Å². The smallest absolute Gasteiger partial charge is 0.267 e. The lowest BCUT2D eigenvalue weighted by molar-refractivity contribution is 0.0846. The first-order valence-corrected chi connectivity index (χ1v) is 12.2. The third-order valence-electron chi connectivity index (χ3n) is 5.31. The Morgan fingerprint density at radius 3 is 2.24 bits per heavy atom. The molecule has 33 heavy (non-hydrogen) atoms. The van der Waals surface area contributed by atoms with E-state index in [4.69, 9.17) is 23.2 Å². The Balaban J connectivity index is 1.52. The lowest BCUT2D eigenvalue weighted by Gasteiger charge is -2.28. The van der Waals surface area contributed by atoms with Crippen molar-refractivity contribution in [2.75, 3.05) is 6.54 Å². The Morgan fingerprint density at radius 1 is 0.818 bits per heavy atom. The summed E-state index contributed by atoms with van der Waals surface area (Å²) in [5, 5.41) is 0.234. The van der Waals surface area contributed by atoms with Crippen LogP contribution in [-0.4, -0.2) is 31.1 Å². The number of hydrogen-bond acceptors (Lipinski definition) is 4. The number of sulfonamides is 1. The van der Waals surface area contributed by atoms with Gasteiger partial charge in [0, 0.05) is 18.7 Å². The molecule has 0 spiro atoms. The molecule has 0 atom stereocenters. The van der Waals surface area contributed by atoms with E-state index >= 15 is 0 Å². The van der Waals surface area contributed by atoms with Crippen molar-refractivity contribution in [3.8, 4) is 0 Å². The lowest BCUT2D eigenvalue weighted by Crippen LogP contribution is -2.42. The topological polar surface area (TPSA) is 95.6 Å². The molecule has 4 rings (SSSR count). The Kier molecular flexibility index (Phi) is 6.71. The summed E-state index contributed by atoms with van der Waals surface area (Å²) in [7, 11) is -3.95. The number of hydrazine groups is 1. The third-order valence-corrected chi connectivity index (χ3v) is 7.97. The van der Waals surface area contributed by atoms with Gasteiger partial charge in [-0.3, -0.25) is 20.4 Å². The molecule has 0 bridgehead atoms. The average molecular weight is 504 g/mol. The molecular weight excluding hydrogens is 485 g/mol. The summed E-state index contributed by atoms with van der Waals surface area (Å²) >= 11 is 12.2. The van der Waals surface area contributed by atoms with Gasteiger partial charge in [0.15, 0.2) is 0 Å². The van der Waals surface area contributed by atoms with Crippen LogP contribution in [0.15, 0.2) is 71.6 Å². The highest BCUT2D eigenvalue weighted by molar-refractivity contribution is 7.89. The average Bonchev–Trinajstić information content (AvgIpc) is 2.82. The number of hydrogen-bond donors (Lipinski definition) is 2. The molecule has 10 heteroatoms. The standard InChI is InChI=1S/C23H19Cl2N3O4S/c24-19-8-4-3-7-18(19)23(30)27-26-22(29)16-9-10-20(25)21(13-16)33(31,32)28-12-11-15-5-1-2-6-17(15)14-28/h1-10,13H,11-12,14H2,(H,26,29)(H,27,30). The van der Waals surface area contributed by atoms with Crippen molar-refractivity contribution >= 4 is 45.0 Å². The third kappa shape index (κ3) is 4.89. The number of benzene rings is 3. The van der Waals surface area contributed by atoms with Crippen molar-refractivity contribution in [1.29, 1.82) is 0 Å². The molecule has 2 amide bonds. The highest BCUT2D eigenvalue weighted by Gasteiger charge is 2.30. The number of carbonyl (C=O) groups is 2. The van der Waals surface area contributed by atoms with Crippen LogP contribution in [0.5, 0.6) is 0 Å². The van der Waals surface area contributed by atoms with Gasteiger partial charge in [0.1, 0.15) is 4.90 Å². The van der Waals surface area contributed by atoms with Crippen LogP contribution in [0.2, 0.25) is 10.0 Å². The van der Waals surface area contributed by atoms with Crippen LogP contribution in [0, 0.1) is 0 Å². The lowest BCUT2D eigenvalue weighted by atomic mass is 10.0. The van der Waals surface area contributed by atoms with Gasteiger partial charge < -0.3 is 0 Å². The number of amides is 2. The molecule has 0 saturated heterocycles. The van der Waals surface area contributed by atoms with E-state index in [2.05, 4.69) is 10.9 Å². The van der Waals surface area contributed by atoms with E-state index in [1.165, 1.54) is 28.6 Å². The van der Waals surface area contributed by atoms with E-state index in [1.54, 1.807) is 18.2 Å². The van der Waals surface area contributed by atoms with Crippen molar-refractivity contribution in [2.24, 2.45) is 0 Å². The molecule has 0 unspecified atom stereocenters. The maximum absolute atomic E-state index is 13.3. The Labute approximate surface area is 201 Å². The molecule has 0 aromatic heterocycles. The molecule has 3 aromatic carbocycles. The van der Waals surface area contributed by atoms with Crippen LogP contribution in [0.1, 0.15) is 31.8 Å². The molecule has 7 nitrogen and oxygen atoms in total. The van der Waals surface area contributed by atoms with Crippen LogP contribution < -0.4 is 10.9 Å². The van der Waals surface area contributed by atoms with Crippen molar-refractivity contribution < 1.29 is 18.0 Å². The predicted octanol–water partition coefficient (Wildman–Crippen LogP) is 3.82. The van der Waals surface area contributed by atoms with E-state index < -0.39 is 21.8 Å². The van der Waals surface area contributed by atoms with E-state index in [0.717, 1.165) is 11.1 Å². The minimum Gasteiger partial charge on any atom is -0.267 e. The molecule has 1 aliphatic heterocycles. The van der Waals surface area contributed by atoms with Gasteiger partial charge in [-0.05, 0) is 47.9 Å². The summed E-state index contributed by atoms with van der Waals surface area (Å²) in [6, 6.07) is 18.0. The SMILES string of the molecule is O=C(NNC(=O)c1ccccc1Cl)c1ccc(Cl)c(S(=O)(=O)N2CCc3ccccc3C2)c1. The van der Waals surface area contributed by atoms with E-state index in [0.29, 0.717) is 13.0 Å². The summed E-state index contributed by atoms with van der Waals surface area (Å²) in [5.74, 6) is -1.31. The zero-order valence-electron chi connectivity index (χ0n) is 17.2. The van der Waals surface area contributed by atoms with Gasteiger partial charge in [-0.15, -0.1) is 0 Å². The van der Waals surface area contributed by atoms with Crippen molar-refractivity contribution in [3.05, 3.63) is 99.0 Å². The molecule has 0 saturated carbocycles. The van der Waals surface area contributed by atoms with Crippen molar-refractivity contribution in [3.63, 3.8) is 0 Å². The van der Waals surface area contributed by atoms with Crippen LogP contribution in [0.25, 0.3) is 0 Å². The van der Waals surface area contributed by atoms with Gasteiger partial charge in [-0.1, -0.05) is 59.6 Å². The van der Waals surface area contributed by atoms with Gasteiger partial charge in [0.05, 0.1) is 15.6 Å². The Hall–Kier alpha value is -2.91. The van der Waals surface area contributed by atoms with Gasteiger partial charge >= 0.3 is 0 Å². The van der Waals surface area contributed by atoms with E-state index in [-0.39, 0.29) is 32.6 Å². The minimum atomic E-state index is -3.95. The van der Waals surface area contributed by atoms with E-state index in [9.17, 15) is 18.0 Å². The van der Waals surface area contributed by atoms with Gasteiger partial charge in [0.2, 0.25) is 10.0 Å². The van der Waals surface area contributed by atoms with E-state index in [1.807, 2.05) is 24.3 Å². The first kappa shape index (κ1) is 23.3. The number of nitrogens with one attached hydrogen (secondary N) is 2. The molecule has 2 N–H and O–H groups in total. The second-order valence-corrected chi connectivity index (χ2v) is 10.1. The minimum absolute atomic E-state index is 0.00510. The summed E-state index contributed by atoms with van der Waals surface area (Å²) in [4.78, 5) is 24.7. The second kappa shape index (κ2) is 9.52. The maximum Gasteiger partial charge on any atom is 0.271 e. The van der Waals surface area contributed by atoms with Gasteiger partial charge in [-0.2, -0.15) is 4.31 Å². The zero-order chi connectivity index (χ0) is 23.6. The molecular formula is C23H19Cl2N3O4S. The molecule has 1 aliphatic rings. The van der Waals surface area contributed by atoms with Crippen LogP contribution in [-0.2, 0) is 23.0 Å². The zero-order valence-corrected chi connectivity index (χ0v) is 19.5. The highest BCUT2D eigenvalue weighted by Crippen LogP contribution is 2.29. The number of nitrogens with zero attached hydrogens (tertiary/aromatic N) is 1. The monoisotopic (exact) mass is 503 g/mol. The highest BCUT2D eigenvalue weighted by atomic mass is 35.5. The predicted molar refractivity (Wildman–Crippen MR) is 126 cm³/mol. The van der Waals surface area contributed by atoms with Gasteiger partial charge in [0.25, 0.3) is 11.8 Å². The Bertz CT molecular complexity index is 1350. The quantitative estimate of drug-likeness (QED) is 0.529. The number of carbonyl (C=O) groups excluding carboxylic acids is 2. The van der Waals surface area contributed by atoms with Crippen molar-refractivity contribution in [2.45, 2.75) is 17.9 Å². The van der Waals surface area contributed by atoms with Gasteiger partial charge in [-0.25, -0.2) is 8.42 Å². The number of fused-ring (bicyclic) bond motifs is 1. The summed E-state index contributed by atoms with van der Waals surface area (Å²) < 4.78 is 28.0. The van der Waals surface area contributed by atoms with Crippen LogP contribution in [0.4, 0.5) is 0 Å². The Morgan fingerprint density at radius 2 is 1.48 bits per heavy atom. The maximum atomic E-state index is 13.3. The first-order valence-electron chi connectivity index (χ1n) is 9.99. The fourth-order valence-corrected chi connectivity index (χ4v) is 5.70. The second-order valence-electron chi connectivity index (χ2n) is 7.39. The van der Waals surface area contributed by atoms with Crippen LogP contribution in [0.3, 0.4) is 0 Å². The molecule has 0 fully saturated rings. The summed E-state index contributed by atoms with van der Waals surface area (Å²) in [6.45, 7) is 0.527. The first-order chi connectivity index (χ1) is 15.8. The largest absolute Gasteiger partial charge is 0.271 e. The molecule has 170 valence electrons. The normalized spacial score (nSPS) is 13.8. The molecule has 0 aliphatic carbocycles. The summed E-state index contributed by atoms with van der Waals surface area (Å²) in [6.07, 6.45) is 0.585. The molecule has 3 aromatic rings. The molecule has 1 heterocycles. The summed E-state index contributed by atoms with van der Waals surface area (Å²) in [5.41, 5.74) is 6.78. The fraction of sp³-hybridized carbons (Fsp3) is 0.130. The molecule has 0 radical (unpaired) electrons. The van der Waals surface area contributed by atoms with Crippen LogP contribution >= 0.6 is 23.2 Å². The number of halogens is 2. The fourth-order valence-electron chi connectivity index (χ4n) is 3.55.